The van der Waals surface area contributed by atoms with Crippen LogP contribution in [-0.4, -0.2) is 46.6 Å². The van der Waals surface area contributed by atoms with Crippen LogP contribution in [-0.2, 0) is 23.2 Å². The number of thioether (sulfide) groups is 1. The third kappa shape index (κ3) is 6.26. The number of carbonyl (C=O) groups is 2. The molecule has 13 heteroatoms. The molecule has 0 aliphatic heterocycles. The van der Waals surface area contributed by atoms with E-state index in [0.29, 0.717) is 33.0 Å². The van der Waals surface area contributed by atoms with E-state index in [1.165, 1.54) is 48.4 Å². The van der Waals surface area contributed by atoms with Crippen LogP contribution in [0, 0.1) is 5.82 Å². The largest absolute Gasteiger partial charge is 0.497 e. The molecule has 1 N–H and O–H groups in total. The standard InChI is InChI=1S/C25H22ClFN4O5S2/c1-31-20(11-36-16-8-9-19(27)18(26)10-16)29-30-25(31)38-13-21(32)28-23-22(24(33)35-3)17(12-37-23)14-4-6-15(34-2)7-5-14/h4-10,12H,11,13H2,1-3H3,(H,28,32). The zero-order valence-corrected chi connectivity index (χ0v) is 22.9. The number of carbonyl (C=O) groups excluding carboxylic acids is 2. The number of halogens is 2. The van der Waals surface area contributed by atoms with E-state index in [1.54, 1.807) is 36.2 Å². The van der Waals surface area contributed by atoms with Crippen LogP contribution >= 0.6 is 34.7 Å². The van der Waals surface area contributed by atoms with Crippen molar-refractivity contribution >= 4 is 51.6 Å². The SMILES string of the molecule is COC(=O)c1c(-c2ccc(OC)cc2)csc1NC(=O)CSc1nnc(COc2ccc(F)c(Cl)c2)n1C. The Hall–Kier alpha value is -3.61. The first-order valence-corrected chi connectivity index (χ1v) is 13.3. The number of amides is 1. The van der Waals surface area contributed by atoms with E-state index in [-0.39, 0.29) is 28.9 Å². The van der Waals surface area contributed by atoms with E-state index >= 15 is 0 Å². The molecular weight excluding hydrogens is 555 g/mol. The predicted octanol–water partition coefficient (Wildman–Crippen LogP) is 5.44. The van der Waals surface area contributed by atoms with E-state index in [2.05, 4.69) is 15.5 Å². The highest BCUT2D eigenvalue weighted by atomic mass is 35.5. The zero-order chi connectivity index (χ0) is 27.2. The Kier molecular flexibility index (Phi) is 8.87. The van der Waals surface area contributed by atoms with Crippen molar-refractivity contribution < 1.29 is 28.2 Å². The second-order valence-corrected chi connectivity index (χ2v) is 9.96. The molecule has 0 atom stereocenters. The van der Waals surface area contributed by atoms with Crippen molar-refractivity contribution in [3.8, 4) is 22.6 Å². The Morgan fingerprint density at radius 2 is 1.87 bits per heavy atom. The molecule has 1 amide bonds. The van der Waals surface area contributed by atoms with E-state index in [0.717, 1.165) is 5.56 Å². The summed E-state index contributed by atoms with van der Waals surface area (Å²) in [5.41, 5.74) is 1.71. The van der Waals surface area contributed by atoms with Crippen LogP contribution in [0.4, 0.5) is 9.39 Å². The molecule has 4 rings (SSSR count). The molecule has 2 aromatic heterocycles. The molecule has 0 fully saturated rings. The van der Waals surface area contributed by atoms with Crippen molar-refractivity contribution in [2.75, 3.05) is 25.3 Å². The normalized spacial score (nSPS) is 10.8. The topological polar surface area (TPSA) is 105 Å². The van der Waals surface area contributed by atoms with Crippen LogP contribution in [0.1, 0.15) is 16.2 Å². The maximum atomic E-state index is 13.3. The zero-order valence-electron chi connectivity index (χ0n) is 20.5. The van der Waals surface area contributed by atoms with Gasteiger partial charge in [0.2, 0.25) is 5.91 Å². The molecule has 0 radical (unpaired) electrons. The van der Waals surface area contributed by atoms with Crippen LogP contribution in [0.2, 0.25) is 5.02 Å². The van der Waals surface area contributed by atoms with Crippen LogP contribution in [0.3, 0.4) is 0 Å². The van der Waals surface area contributed by atoms with Crippen molar-refractivity contribution in [2.24, 2.45) is 7.05 Å². The van der Waals surface area contributed by atoms with Gasteiger partial charge in [0, 0.05) is 24.1 Å². The van der Waals surface area contributed by atoms with Crippen LogP contribution in [0.5, 0.6) is 11.5 Å². The number of benzene rings is 2. The quantitative estimate of drug-likeness (QED) is 0.196. The van der Waals surface area contributed by atoms with Gasteiger partial charge in [-0.15, -0.1) is 21.5 Å². The van der Waals surface area contributed by atoms with E-state index in [9.17, 15) is 14.0 Å². The van der Waals surface area contributed by atoms with Gasteiger partial charge in [0.25, 0.3) is 0 Å². The summed E-state index contributed by atoms with van der Waals surface area (Å²) in [5, 5.41) is 13.6. The molecule has 0 aliphatic carbocycles. The number of nitrogens with one attached hydrogen (secondary N) is 1. The first-order valence-electron chi connectivity index (χ1n) is 11.0. The summed E-state index contributed by atoms with van der Waals surface area (Å²) in [6.07, 6.45) is 0. The van der Waals surface area contributed by atoms with E-state index in [1.807, 2.05) is 12.1 Å². The lowest BCUT2D eigenvalue weighted by molar-refractivity contribution is -0.113. The summed E-state index contributed by atoms with van der Waals surface area (Å²) in [4.78, 5) is 25.3. The lowest BCUT2D eigenvalue weighted by atomic mass is 10.0. The smallest absolute Gasteiger partial charge is 0.341 e. The van der Waals surface area contributed by atoms with Gasteiger partial charge in [0.15, 0.2) is 11.0 Å². The molecule has 38 heavy (non-hydrogen) atoms. The molecule has 0 unspecified atom stereocenters. The minimum absolute atomic E-state index is 0.0246. The van der Waals surface area contributed by atoms with Gasteiger partial charge in [-0.1, -0.05) is 35.5 Å². The molecule has 4 aromatic rings. The van der Waals surface area contributed by atoms with Crippen molar-refractivity contribution in [1.82, 2.24) is 14.8 Å². The predicted molar refractivity (Wildman–Crippen MR) is 144 cm³/mol. The first-order chi connectivity index (χ1) is 18.3. The number of esters is 1. The molecule has 0 spiro atoms. The van der Waals surface area contributed by atoms with Crippen molar-refractivity contribution in [3.05, 3.63) is 70.1 Å². The highest BCUT2D eigenvalue weighted by Crippen LogP contribution is 2.37. The number of hydrogen-bond donors (Lipinski definition) is 1. The fourth-order valence-electron chi connectivity index (χ4n) is 3.34. The summed E-state index contributed by atoms with van der Waals surface area (Å²) in [6.45, 7) is 0.0735. The average Bonchev–Trinajstić information content (AvgIpc) is 3.50. The third-order valence-electron chi connectivity index (χ3n) is 5.35. The Balaban J connectivity index is 1.40. The molecule has 2 heterocycles. The second-order valence-electron chi connectivity index (χ2n) is 7.73. The number of nitrogens with zero attached hydrogens (tertiary/aromatic N) is 3. The third-order valence-corrected chi connectivity index (χ3v) is 7.56. The van der Waals surface area contributed by atoms with Crippen molar-refractivity contribution in [1.29, 1.82) is 0 Å². The highest BCUT2D eigenvalue weighted by Gasteiger charge is 2.23. The van der Waals surface area contributed by atoms with Crippen LogP contribution < -0.4 is 14.8 Å². The van der Waals surface area contributed by atoms with Crippen LogP contribution in [0.15, 0.2) is 53.0 Å². The molecular formula is C25H22ClFN4O5S2. The molecule has 198 valence electrons. The maximum Gasteiger partial charge on any atom is 0.341 e. The van der Waals surface area contributed by atoms with Gasteiger partial charge in [-0.25, -0.2) is 9.18 Å². The van der Waals surface area contributed by atoms with Crippen molar-refractivity contribution in [2.45, 2.75) is 11.8 Å². The number of ether oxygens (including phenoxy) is 3. The Morgan fingerprint density at radius 3 is 2.55 bits per heavy atom. The van der Waals surface area contributed by atoms with E-state index in [4.69, 9.17) is 25.8 Å². The summed E-state index contributed by atoms with van der Waals surface area (Å²) in [6, 6.07) is 11.3. The molecule has 2 aromatic carbocycles. The monoisotopic (exact) mass is 576 g/mol. The number of aromatic nitrogens is 3. The maximum absolute atomic E-state index is 13.3. The summed E-state index contributed by atoms with van der Waals surface area (Å²) in [5.74, 6) is 0.186. The minimum atomic E-state index is -0.555. The van der Waals surface area contributed by atoms with Gasteiger partial charge in [0.1, 0.15) is 34.5 Å². The number of methoxy groups -OCH3 is 2. The Labute approximate surface area is 230 Å². The minimum Gasteiger partial charge on any atom is -0.497 e. The lowest BCUT2D eigenvalue weighted by Crippen LogP contribution is -2.16. The number of rotatable bonds is 10. The number of hydrogen-bond acceptors (Lipinski definition) is 9. The van der Waals surface area contributed by atoms with Gasteiger partial charge in [-0.05, 0) is 29.8 Å². The second kappa shape index (κ2) is 12.3. The summed E-state index contributed by atoms with van der Waals surface area (Å²) >= 11 is 8.19. The highest BCUT2D eigenvalue weighted by molar-refractivity contribution is 7.99. The molecule has 0 aliphatic rings. The number of thiophene rings is 1. The average molecular weight is 577 g/mol. The molecule has 0 saturated carbocycles. The Bertz CT molecular complexity index is 1460. The fourth-order valence-corrected chi connectivity index (χ4v) is 5.22. The van der Waals surface area contributed by atoms with Gasteiger partial charge >= 0.3 is 5.97 Å². The van der Waals surface area contributed by atoms with Gasteiger partial charge in [0.05, 0.1) is 25.0 Å². The van der Waals surface area contributed by atoms with Gasteiger partial charge in [-0.2, -0.15) is 0 Å². The number of anilines is 1. The first kappa shape index (κ1) is 27.4. The molecule has 0 bridgehead atoms. The molecule has 9 nitrogen and oxygen atoms in total. The van der Waals surface area contributed by atoms with Gasteiger partial charge in [-0.3, -0.25) is 4.79 Å². The fraction of sp³-hybridized carbons (Fsp3) is 0.200. The van der Waals surface area contributed by atoms with E-state index < -0.39 is 11.8 Å². The summed E-state index contributed by atoms with van der Waals surface area (Å²) < 4.78 is 30.8. The van der Waals surface area contributed by atoms with Crippen molar-refractivity contribution in [3.63, 3.8) is 0 Å². The van der Waals surface area contributed by atoms with Crippen LogP contribution in [0.25, 0.3) is 11.1 Å². The Morgan fingerprint density at radius 1 is 1.13 bits per heavy atom. The van der Waals surface area contributed by atoms with Gasteiger partial charge < -0.3 is 24.1 Å². The summed E-state index contributed by atoms with van der Waals surface area (Å²) in [7, 11) is 4.61. The molecule has 0 saturated heterocycles. The lowest BCUT2D eigenvalue weighted by Gasteiger charge is -2.09.